The maximum Gasteiger partial charge on any atom is 0.251 e. The zero-order valence-electron chi connectivity index (χ0n) is 18.6. The maximum atomic E-state index is 12.4. The molecule has 5 atom stereocenters. The molecule has 2 aromatic carbocycles. The summed E-state index contributed by atoms with van der Waals surface area (Å²) in [5.74, 6) is -0.281. The molecule has 176 valence electrons. The van der Waals surface area contributed by atoms with Crippen molar-refractivity contribution in [3.8, 4) is 0 Å². The molecule has 2 amide bonds. The van der Waals surface area contributed by atoms with Crippen molar-refractivity contribution in [1.29, 1.82) is 0 Å². The summed E-state index contributed by atoms with van der Waals surface area (Å²) in [5.41, 5.74) is 1.21. The van der Waals surface area contributed by atoms with Gasteiger partial charge in [-0.15, -0.1) is 0 Å². The fourth-order valence-electron chi connectivity index (χ4n) is 3.81. The fourth-order valence-corrected chi connectivity index (χ4v) is 3.81. The average Bonchev–Trinajstić information content (AvgIpc) is 3.06. The van der Waals surface area contributed by atoms with Crippen molar-refractivity contribution in [2.45, 2.75) is 50.5 Å². The van der Waals surface area contributed by atoms with Gasteiger partial charge >= 0.3 is 0 Å². The van der Waals surface area contributed by atoms with Gasteiger partial charge in [0.2, 0.25) is 0 Å². The van der Waals surface area contributed by atoms with E-state index in [-0.39, 0.29) is 30.0 Å². The number of carbonyl (C=O) groups excluding carboxylic acids is 2. The van der Waals surface area contributed by atoms with Gasteiger partial charge in [0.15, 0.2) is 12.6 Å². The van der Waals surface area contributed by atoms with Gasteiger partial charge in [0.1, 0.15) is 0 Å². The van der Waals surface area contributed by atoms with Gasteiger partial charge < -0.3 is 29.6 Å². The summed E-state index contributed by atoms with van der Waals surface area (Å²) in [6, 6.07) is 17.8. The summed E-state index contributed by atoms with van der Waals surface area (Å²) in [4.78, 5) is 24.8. The maximum absolute atomic E-state index is 12.4. The lowest BCUT2D eigenvalue weighted by Gasteiger charge is -2.36. The second kappa shape index (κ2) is 11.4. The van der Waals surface area contributed by atoms with E-state index in [1.807, 2.05) is 43.3 Å². The first-order valence-corrected chi connectivity index (χ1v) is 11.3. The highest BCUT2D eigenvalue weighted by Gasteiger charge is 2.33. The van der Waals surface area contributed by atoms with Crippen LogP contribution in [0.4, 0.5) is 0 Å². The normalized spacial score (nSPS) is 27.8. The molecule has 0 bridgehead atoms. The van der Waals surface area contributed by atoms with Crippen molar-refractivity contribution < 1.29 is 28.5 Å². The lowest BCUT2D eigenvalue weighted by Crippen LogP contribution is -2.52. The van der Waals surface area contributed by atoms with Crippen LogP contribution in [-0.2, 0) is 18.9 Å². The Hall–Kier alpha value is -2.78. The van der Waals surface area contributed by atoms with E-state index >= 15 is 0 Å². The Morgan fingerprint density at radius 2 is 1.42 bits per heavy atom. The molecule has 4 rings (SSSR count). The molecule has 33 heavy (non-hydrogen) atoms. The highest BCUT2D eigenvalue weighted by Crippen LogP contribution is 2.20. The lowest BCUT2D eigenvalue weighted by atomic mass is 10.1. The Labute approximate surface area is 193 Å². The van der Waals surface area contributed by atoms with Crippen LogP contribution >= 0.6 is 0 Å². The Morgan fingerprint density at radius 1 is 0.818 bits per heavy atom. The number of rotatable bonds is 6. The molecule has 2 aromatic rings. The molecule has 0 radical (unpaired) electrons. The molecule has 2 aliphatic rings. The summed E-state index contributed by atoms with van der Waals surface area (Å²) in [6.07, 6.45) is -0.143. The number of amides is 2. The summed E-state index contributed by atoms with van der Waals surface area (Å²) < 4.78 is 23.5. The predicted molar refractivity (Wildman–Crippen MR) is 121 cm³/mol. The van der Waals surface area contributed by atoms with Crippen molar-refractivity contribution in [1.82, 2.24) is 10.6 Å². The van der Waals surface area contributed by atoms with E-state index < -0.39 is 12.6 Å². The molecule has 2 fully saturated rings. The predicted octanol–water partition coefficient (Wildman–Crippen LogP) is 2.50. The molecule has 8 heteroatoms. The standard InChI is InChI=1S/C25H30N2O6/c1-17-21(27-25(29)19-10-6-3-7-11-19)16-32-23(33-17)14-22-30-13-12-20(15-31-22)26-24(28)18-8-4-2-5-9-18/h2-11,17,20-23H,12-16H2,1H3,(H,26,28)(H,27,29)/t17-,20-,21-,22+,23+/m1/s1. The monoisotopic (exact) mass is 454 g/mol. The molecule has 2 saturated heterocycles. The second-order valence-electron chi connectivity index (χ2n) is 8.24. The van der Waals surface area contributed by atoms with Crippen LogP contribution in [0.3, 0.4) is 0 Å². The quantitative estimate of drug-likeness (QED) is 0.697. The van der Waals surface area contributed by atoms with Crippen LogP contribution in [0.5, 0.6) is 0 Å². The molecular formula is C25H30N2O6. The van der Waals surface area contributed by atoms with Crippen LogP contribution in [-0.4, -0.2) is 62.4 Å². The lowest BCUT2D eigenvalue weighted by molar-refractivity contribution is -0.251. The molecule has 2 heterocycles. The Morgan fingerprint density at radius 3 is 2.06 bits per heavy atom. The zero-order chi connectivity index (χ0) is 23.0. The van der Waals surface area contributed by atoms with Crippen LogP contribution < -0.4 is 10.6 Å². The summed E-state index contributed by atoms with van der Waals surface area (Å²) in [5, 5.41) is 5.96. The molecule has 0 aliphatic carbocycles. The van der Waals surface area contributed by atoms with Crippen LogP contribution in [0.2, 0.25) is 0 Å². The minimum atomic E-state index is -0.495. The SMILES string of the molecule is C[C@H]1O[C@@H](C[C@H]2OCC[C@@H](NC(=O)c3ccccc3)CO2)OC[C@H]1NC(=O)c1ccccc1. The van der Waals surface area contributed by atoms with Gasteiger partial charge in [-0.05, 0) is 37.6 Å². The van der Waals surface area contributed by atoms with E-state index in [4.69, 9.17) is 18.9 Å². The molecular weight excluding hydrogens is 424 g/mol. The Kier molecular flexibility index (Phi) is 8.06. The molecule has 2 N–H and O–H groups in total. The van der Waals surface area contributed by atoms with E-state index in [1.54, 1.807) is 24.3 Å². The largest absolute Gasteiger partial charge is 0.352 e. The van der Waals surface area contributed by atoms with Crippen molar-refractivity contribution in [3.63, 3.8) is 0 Å². The van der Waals surface area contributed by atoms with Crippen LogP contribution in [0.15, 0.2) is 60.7 Å². The zero-order valence-corrected chi connectivity index (χ0v) is 18.6. The highest BCUT2D eigenvalue weighted by molar-refractivity contribution is 5.94. The van der Waals surface area contributed by atoms with Gasteiger partial charge in [-0.25, -0.2) is 0 Å². The van der Waals surface area contributed by atoms with Crippen molar-refractivity contribution in [2.24, 2.45) is 0 Å². The third kappa shape index (κ3) is 6.61. The molecule has 2 aliphatic heterocycles. The topological polar surface area (TPSA) is 95.1 Å². The van der Waals surface area contributed by atoms with Gasteiger partial charge in [0, 0.05) is 17.5 Å². The van der Waals surface area contributed by atoms with Crippen molar-refractivity contribution in [2.75, 3.05) is 19.8 Å². The average molecular weight is 455 g/mol. The van der Waals surface area contributed by atoms with Gasteiger partial charge in [-0.2, -0.15) is 0 Å². The summed E-state index contributed by atoms with van der Waals surface area (Å²) in [7, 11) is 0. The minimum absolute atomic E-state index is 0.126. The number of benzene rings is 2. The molecule has 0 unspecified atom stereocenters. The smallest absolute Gasteiger partial charge is 0.251 e. The van der Waals surface area contributed by atoms with Gasteiger partial charge in [0.25, 0.3) is 11.8 Å². The minimum Gasteiger partial charge on any atom is -0.352 e. The van der Waals surface area contributed by atoms with Crippen LogP contribution in [0, 0.1) is 0 Å². The van der Waals surface area contributed by atoms with E-state index in [0.29, 0.717) is 43.8 Å². The first-order chi connectivity index (χ1) is 16.1. The first kappa shape index (κ1) is 23.4. The van der Waals surface area contributed by atoms with E-state index in [2.05, 4.69) is 10.6 Å². The summed E-state index contributed by atoms with van der Waals surface area (Å²) in [6.45, 7) is 3.06. The van der Waals surface area contributed by atoms with E-state index in [0.717, 1.165) is 0 Å². The summed E-state index contributed by atoms with van der Waals surface area (Å²) >= 11 is 0. The van der Waals surface area contributed by atoms with Gasteiger partial charge in [0.05, 0.1) is 38.0 Å². The number of nitrogens with one attached hydrogen (secondary N) is 2. The van der Waals surface area contributed by atoms with Gasteiger partial charge in [-0.1, -0.05) is 36.4 Å². The number of hydrogen-bond acceptors (Lipinski definition) is 6. The van der Waals surface area contributed by atoms with E-state index in [1.165, 1.54) is 0 Å². The number of carbonyl (C=O) groups is 2. The Bertz CT molecular complexity index is 910. The van der Waals surface area contributed by atoms with Crippen molar-refractivity contribution in [3.05, 3.63) is 71.8 Å². The number of hydrogen-bond donors (Lipinski definition) is 2. The molecule has 8 nitrogen and oxygen atoms in total. The fraction of sp³-hybridized carbons (Fsp3) is 0.440. The number of ether oxygens (including phenoxy) is 4. The third-order valence-corrected chi connectivity index (χ3v) is 5.76. The van der Waals surface area contributed by atoms with E-state index in [9.17, 15) is 9.59 Å². The second-order valence-corrected chi connectivity index (χ2v) is 8.24. The molecule has 0 spiro atoms. The van der Waals surface area contributed by atoms with Crippen LogP contribution in [0.1, 0.15) is 40.5 Å². The van der Waals surface area contributed by atoms with Crippen LogP contribution in [0.25, 0.3) is 0 Å². The van der Waals surface area contributed by atoms with Crippen molar-refractivity contribution >= 4 is 11.8 Å². The highest BCUT2D eigenvalue weighted by atomic mass is 16.7. The molecule has 0 aromatic heterocycles. The third-order valence-electron chi connectivity index (χ3n) is 5.76. The van der Waals surface area contributed by atoms with Gasteiger partial charge in [-0.3, -0.25) is 9.59 Å². The first-order valence-electron chi connectivity index (χ1n) is 11.3. The Balaban J connectivity index is 1.21. The molecule has 0 saturated carbocycles.